The molecule has 0 bridgehead atoms. The van der Waals surface area contributed by atoms with Crippen molar-refractivity contribution in [3.8, 4) is 0 Å². The van der Waals surface area contributed by atoms with E-state index in [9.17, 15) is 4.79 Å². The fraction of sp³-hybridized carbons (Fsp3) is 0.562. The molecule has 1 aromatic carbocycles. The van der Waals surface area contributed by atoms with Crippen LogP contribution in [0, 0.1) is 0 Å². The van der Waals surface area contributed by atoms with Crippen LogP contribution < -0.4 is 0 Å². The largest absolute Gasteiger partial charge is 0.298 e. The fourth-order valence-electron chi connectivity index (χ4n) is 3.31. The van der Waals surface area contributed by atoms with Gasteiger partial charge in [0.2, 0.25) is 0 Å². The number of hydrogen-bond acceptors (Lipinski definition) is 1. The molecule has 0 unspecified atom stereocenters. The van der Waals surface area contributed by atoms with E-state index < -0.39 is 0 Å². The SMILES string of the molecule is CCCC1(c2ccc(C=O)cc2)CCCCC1. The highest BCUT2D eigenvalue weighted by atomic mass is 16.1. The summed E-state index contributed by atoms with van der Waals surface area (Å²) >= 11 is 0. The number of rotatable bonds is 4. The molecule has 0 spiro atoms. The molecule has 1 nitrogen and oxygen atoms in total. The molecule has 1 aliphatic carbocycles. The molecule has 1 saturated carbocycles. The van der Waals surface area contributed by atoms with E-state index in [0.717, 1.165) is 11.8 Å². The van der Waals surface area contributed by atoms with Gasteiger partial charge in [-0.3, -0.25) is 4.79 Å². The minimum Gasteiger partial charge on any atom is -0.298 e. The molecule has 0 N–H and O–H groups in total. The standard InChI is InChI=1S/C16H22O/c1-2-10-16(11-4-3-5-12-16)15-8-6-14(13-17)7-9-15/h6-9,13H,2-5,10-12H2,1H3. The Morgan fingerprint density at radius 2 is 1.76 bits per heavy atom. The first-order valence-electron chi connectivity index (χ1n) is 6.86. The lowest BCUT2D eigenvalue weighted by Crippen LogP contribution is -2.28. The molecule has 0 saturated heterocycles. The second-order valence-corrected chi connectivity index (χ2v) is 5.33. The summed E-state index contributed by atoms with van der Waals surface area (Å²) in [7, 11) is 0. The maximum absolute atomic E-state index is 10.7. The van der Waals surface area contributed by atoms with Crippen molar-refractivity contribution >= 4 is 6.29 Å². The van der Waals surface area contributed by atoms with Gasteiger partial charge >= 0.3 is 0 Å². The van der Waals surface area contributed by atoms with Crippen molar-refractivity contribution < 1.29 is 4.79 Å². The third-order valence-electron chi connectivity index (χ3n) is 4.20. The molecule has 17 heavy (non-hydrogen) atoms. The highest BCUT2D eigenvalue weighted by molar-refractivity contribution is 5.74. The molecule has 0 aromatic heterocycles. The number of benzene rings is 1. The molecule has 1 heteroatoms. The van der Waals surface area contributed by atoms with E-state index in [-0.39, 0.29) is 0 Å². The summed E-state index contributed by atoms with van der Waals surface area (Å²) in [6.45, 7) is 2.27. The maximum atomic E-state index is 10.7. The lowest BCUT2D eigenvalue weighted by atomic mass is 9.67. The molecule has 0 aliphatic heterocycles. The Bertz CT molecular complexity index is 352. The van der Waals surface area contributed by atoms with E-state index in [1.807, 2.05) is 12.1 Å². The Labute approximate surface area is 104 Å². The summed E-state index contributed by atoms with van der Waals surface area (Å²) in [5.41, 5.74) is 2.63. The second kappa shape index (κ2) is 5.48. The van der Waals surface area contributed by atoms with Crippen LogP contribution in [0.1, 0.15) is 67.8 Å². The van der Waals surface area contributed by atoms with Crippen LogP contribution >= 0.6 is 0 Å². The smallest absolute Gasteiger partial charge is 0.150 e. The monoisotopic (exact) mass is 230 g/mol. The fourth-order valence-corrected chi connectivity index (χ4v) is 3.31. The number of aldehydes is 1. The van der Waals surface area contributed by atoms with Gasteiger partial charge in [-0.1, -0.05) is 56.9 Å². The van der Waals surface area contributed by atoms with Crippen LogP contribution in [0.15, 0.2) is 24.3 Å². The summed E-state index contributed by atoms with van der Waals surface area (Å²) in [6.07, 6.45) is 10.2. The second-order valence-electron chi connectivity index (χ2n) is 5.33. The summed E-state index contributed by atoms with van der Waals surface area (Å²) < 4.78 is 0. The van der Waals surface area contributed by atoms with E-state index in [4.69, 9.17) is 0 Å². The Morgan fingerprint density at radius 3 is 2.29 bits per heavy atom. The Kier molecular flexibility index (Phi) is 3.98. The first-order chi connectivity index (χ1) is 8.30. The Hall–Kier alpha value is -1.11. The van der Waals surface area contributed by atoms with Crippen molar-refractivity contribution in [2.75, 3.05) is 0 Å². The summed E-state index contributed by atoms with van der Waals surface area (Å²) in [4.78, 5) is 10.7. The van der Waals surface area contributed by atoms with Crippen LogP contribution in [0.3, 0.4) is 0 Å². The van der Waals surface area contributed by atoms with E-state index in [0.29, 0.717) is 5.41 Å². The molecule has 0 amide bonds. The molecule has 0 atom stereocenters. The van der Waals surface area contributed by atoms with Crippen LogP contribution in [-0.2, 0) is 5.41 Å². The number of carbonyl (C=O) groups excluding carboxylic acids is 1. The summed E-state index contributed by atoms with van der Waals surface area (Å²) in [6, 6.07) is 8.28. The summed E-state index contributed by atoms with van der Waals surface area (Å²) in [5, 5.41) is 0. The van der Waals surface area contributed by atoms with Gasteiger partial charge in [-0.05, 0) is 30.2 Å². The predicted octanol–water partition coefficient (Wildman–Crippen LogP) is 4.50. The minimum absolute atomic E-state index is 0.397. The van der Waals surface area contributed by atoms with Crippen molar-refractivity contribution in [1.82, 2.24) is 0 Å². The third-order valence-corrected chi connectivity index (χ3v) is 4.20. The molecule has 1 aliphatic rings. The topological polar surface area (TPSA) is 17.1 Å². The zero-order valence-corrected chi connectivity index (χ0v) is 10.7. The van der Waals surface area contributed by atoms with E-state index in [1.165, 1.54) is 50.5 Å². The van der Waals surface area contributed by atoms with Gasteiger partial charge in [0, 0.05) is 5.56 Å². The minimum atomic E-state index is 0.397. The van der Waals surface area contributed by atoms with Gasteiger partial charge in [0.25, 0.3) is 0 Å². The first kappa shape index (κ1) is 12.3. The van der Waals surface area contributed by atoms with E-state index in [2.05, 4.69) is 19.1 Å². The van der Waals surface area contributed by atoms with Crippen LogP contribution in [0.4, 0.5) is 0 Å². The number of hydrogen-bond donors (Lipinski definition) is 0. The zero-order valence-electron chi connectivity index (χ0n) is 10.7. The maximum Gasteiger partial charge on any atom is 0.150 e. The van der Waals surface area contributed by atoms with Gasteiger partial charge in [-0.15, -0.1) is 0 Å². The number of carbonyl (C=O) groups is 1. The first-order valence-corrected chi connectivity index (χ1v) is 6.86. The third kappa shape index (κ3) is 2.59. The van der Waals surface area contributed by atoms with Crippen molar-refractivity contribution in [2.24, 2.45) is 0 Å². The molecule has 92 valence electrons. The molecular formula is C16H22O. The van der Waals surface area contributed by atoms with Crippen LogP contribution in [-0.4, -0.2) is 6.29 Å². The molecule has 1 aromatic rings. The normalized spacial score (nSPS) is 18.9. The molecule has 0 radical (unpaired) electrons. The lowest BCUT2D eigenvalue weighted by molar-refractivity contribution is 0.112. The summed E-state index contributed by atoms with van der Waals surface area (Å²) in [5.74, 6) is 0. The molecule has 2 rings (SSSR count). The molecular weight excluding hydrogens is 208 g/mol. The zero-order chi connectivity index (χ0) is 12.1. The van der Waals surface area contributed by atoms with Crippen LogP contribution in [0.25, 0.3) is 0 Å². The van der Waals surface area contributed by atoms with Crippen molar-refractivity contribution in [3.63, 3.8) is 0 Å². The van der Waals surface area contributed by atoms with E-state index >= 15 is 0 Å². The van der Waals surface area contributed by atoms with Crippen LogP contribution in [0.5, 0.6) is 0 Å². The van der Waals surface area contributed by atoms with Gasteiger partial charge in [0.15, 0.2) is 0 Å². The quantitative estimate of drug-likeness (QED) is 0.696. The van der Waals surface area contributed by atoms with Crippen LogP contribution in [0.2, 0.25) is 0 Å². The molecule has 1 fully saturated rings. The van der Waals surface area contributed by atoms with Gasteiger partial charge in [-0.2, -0.15) is 0 Å². The van der Waals surface area contributed by atoms with Crippen molar-refractivity contribution in [1.29, 1.82) is 0 Å². The van der Waals surface area contributed by atoms with Crippen molar-refractivity contribution in [3.05, 3.63) is 35.4 Å². The van der Waals surface area contributed by atoms with Gasteiger partial charge in [-0.25, -0.2) is 0 Å². The van der Waals surface area contributed by atoms with Gasteiger partial charge in [0.1, 0.15) is 6.29 Å². The van der Waals surface area contributed by atoms with Gasteiger partial charge in [0.05, 0.1) is 0 Å². The average molecular weight is 230 g/mol. The highest BCUT2D eigenvalue weighted by Gasteiger charge is 2.32. The van der Waals surface area contributed by atoms with Crippen molar-refractivity contribution in [2.45, 2.75) is 57.3 Å². The molecule has 0 heterocycles. The Balaban J connectivity index is 2.27. The predicted molar refractivity (Wildman–Crippen MR) is 71.5 cm³/mol. The van der Waals surface area contributed by atoms with E-state index in [1.54, 1.807) is 0 Å². The Morgan fingerprint density at radius 1 is 1.12 bits per heavy atom. The lowest BCUT2D eigenvalue weighted by Gasteiger charge is -2.38. The van der Waals surface area contributed by atoms with Gasteiger partial charge < -0.3 is 0 Å². The average Bonchev–Trinajstić information content (AvgIpc) is 2.40. The highest BCUT2D eigenvalue weighted by Crippen LogP contribution is 2.42.